The molecule has 1 amide bonds. The SMILES string of the molecule is C=C(Cl)C(=O)NC1CCCC(C)(C)C1. The van der Waals surface area contributed by atoms with Crippen molar-refractivity contribution in [3.05, 3.63) is 11.6 Å². The largest absolute Gasteiger partial charge is 0.349 e. The lowest BCUT2D eigenvalue weighted by atomic mass is 9.75. The molecule has 1 fully saturated rings. The summed E-state index contributed by atoms with van der Waals surface area (Å²) in [5.74, 6) is -0.227. The summed E-state index contributed by atoms with van der Waals surface area (Å²) in [6.07, 6.45) is 4.50. The molecule has 0 aromatic heterocycles. The molecule has 1 N–H and O–H groups in total. The fraction of sp³-hybridized carbons (Fsp3) is 0.727. The monoisotopic (exact) mass is 215 g/mol. The predicted molar refractivity (Wildman–Crippen MR) is 59.2 cm³/mol. The van der Waals surface area contributed by atoms with Crippen molar-refractivity contribution in [1.29, 1.82) is 0 Å². The lowest BCUT2D eigenvalue weighted by molar-refractivity contribution is -0.117. The molecular formula is C11H18ClNO. The van der Waals surface area contributed by atoms with Crippen molar-refractivity contribution in [2.75, 3.05) is 0 Å². The third-order valence-corrected chi connectivity index (χ3v) is 2.96. The minimum Gasteiger partial charge on any atom is -0.349 e. The summed E-state index contributed by atoms with van der Waals surface area (Å²) in [5.41, 5.74) is 0.337. The van der Waals surface area contributed by atoms with Crippen LogP contribution in [0.3, 0.4) is 0 Å². The number of amides is 1. The second-order valence-corrected chi connectivity index (χ2v) is 5.29. The van der Waals surface area contributed by atoms with Gasteiger partial charge in [0, 0.05) is 6.04 Å². The van der Waals surface area contributed by atoms with Crippen molar-refractivity contribution < 1.29 is 4.79 Å². The number of hydrogen-bond acceptors (Lipinski definition) is 1. The van der Waals surface area contributed by atoms with Gasteiger partial charge in [-0.05, 0) is 24.7 Å². The second-order valence-electron chi connectivity index (χ2n) is 4.84. The zero-order chi connectivity index (χ0) is 10.8. The standard InChI is InChI=1S/C11H18ClNO/c1-8(12)10(14)13-9-5-4-6-11(2,3)7-9/h9H,1,4-7H2,2-3H3,(H,13,14). The van der Waals surface area contributed by atoms with Crippen molar-refractivity contribution >= 4 is 17.5 Å². The van der Waals surface area contributed by atoms with Crippen molar-refractivity contribution in [2.45, 2.75) is 45.6 Å². The van der Waals surface area contributed by atoms with Crippen LogP contribution in [0, 0.1) is 5.41 Å². The number of nitrogens with one attached hydrogen (secondary N) is 1. The van der Waals surface area contributed by atoms with Crippen molar-refractivity contribution in [3.63, 3.8) is 0 Å². The Morgan fingerprint density at radius 2 is 2.21 bits per heavy atom. The van der Waals surface area contributed by atoms with E-state index in [0.29, 0.717) is 5.41 Å². The number of hydrogen-bond donors (Lipinski definition) is 1. The first kappa shape index (κ1) is 11.6. The average molecular weight is 216 g/mol. The minimum absolute atomic E-state index is 0.0772. The van der Waals surface area contributed by atoms with E-state index in [-0.39, 0.29) is 17.0 Å². The van der Waals surface area contributed by atoms with Crippen LogP contribution in [0.1, 0.15) is 39.5 Å². The maximum Gasteiger partial charge on any atom is 0.262 e. The van der Waals surface area contributed by atoms with Gasteiger partial charge >= 0.3 is 0 Å². The van der Waals surface area contributed by atoms with Gasteiger partial charge in [0.1, 0.15) is 0 Å². The summed E-state index contributed by atoms with van der Waals surface area (Å²) in [7, 11) is 0. The molecule has 0 bridgehead atoms. The molecule has 1 unspecified atom stereocenters. The van der Waals surface area contributed by atoms with Crippen molar-refractivity contribution in [1.82, 2.24) is 5.32 Å². The Bertz CT molecular complexity index is 248. The third kappa shape index (κ3) is 3.33. The first-order valence-electron chi connectivity index (χ1n) is 5.06. The van der Waals surface area contributed by atoms with Gasteiger partial charge in [-0.15, -0.1) is 0 Å². The van der Waals surface area contributed by atoms with Crippen LogP contribution in [0.5, 0.6) is 0 Å². The van der Waals surface area contributed by atoms with Gasteiger partial charge in [0.25, 0.3) is 5.91 Å². The third-order valence-electron chi connectivity index (χ3n) is 2.79. The Labute approximate surface area is 90.7 Å². The van der Waals surface area contributed by atoms with Gasteiger partial charge in [-0.25, -0.2) is 0 Å². The van der Waals surface area contributed by atoms with Gasteiger partial charge in [-0.2, -0.15) is 0 Å². The summed E-state index contributed by atoms with van der Waals surface area (Å²) in [6.45, 7) is 7.88. The van der Waals surface area contributed by atoms with E-state index in [1.54, 1.807) is 0 Å². The van der Waals surface area contributed by atoms with E-state index in [4.69, 9.17) is 11.6 Å². The summed E-state index contributed by atoms with van der Waals surface area (Å²) in [6, 6.07) is 0.266. The van der Waals surface area contributed by atoms with Crippen LogP contribution in [0.25, 0.3) is 0 Å². The van der Waals surface area contributed by atoms with E-state index in [1.807, 2.05) is 0 Å². The Balaban J connectivity index is 2.46. The number of carbonyl (C=O) groups excluding carboxylic acids is 1. The smallest absolute Gasteiger partial charge is 0.262 e. The fourth-order valence-electron chi connectivity index (χ4n) is 2.09. The van der Waals surface area contributed by atoms with E-state index < -0.39 is 0 Å². The first-order valence-corrected chi connectivity index (χ1v) is 5.44. The Morgan fingerprint density at radius 1 is 1.57 bits per heavy atom. The molecule has 1 aliphatic carbocycles. The van der Waals surface area contributed by atoms with Crippen molar-refractivity contribution in [3.8, 4) is 0 Å². The Hall–Kier alpha value is -0.500. The first-order chi connectivity index (χ1) is 6.41. The van der Waals surface area contributed by atoms with Gasteiger partial charge in [-0.1, -0.05) is 38.4 Å². The summed E-state index contributed by atoms with van der Waals surface area (Å²) in [5, 5.41) is 2.98. The lowest BCUT2D eigenvalue weighted by Crippen LogP contribution is -2.40. The molecule has 2 nitrogen and oxygen atoms in total. The highest BCUT2D eigenvalue weighted by Crippen LogP contribution is 2.35. The molecule has 1 aliphatic rings. The van der Waals surface area contributed by atoms with Crippen LogP contribution in [0.15, 0.2) is 11.6 Å². The molecule has 0 radical (unpaired) electrons. The topological polar surface area (TPSA) is 29.1 Å². The second kappa shape index (κ2) is 4.35. The molecule has 0 spiro atoms. The molecular weight excluding hydrogens is 198 g/mol. The Morgan fingerprint density at radius 3 is 2.71 bits per heavy atom. The summed E-state index contributed by atoms with van der Waals surface area (Å²) < 4.78 is 0. The normalized spacial score (nSPS) is 25.5. The van der Waals surface area contributed by atoms with Gasteiger partial charge in [-0.3, -0.25) is 4.79 Å². The molecule has 0 aromatic carbocycles. The van der Waals surface area contributed by atoms with Crippen LogP contribution in [0.2, 0.25) is 0 Å². The Kier molecular flexibility index (Phi) is 3.59. The van der Waals surface area contributed by atoms with Gasteiger partial charge in [0.2, 0.25) is 0 Å². The minimum atomic E-state index is -0.227. The van der Waals surface area contributed by atoms with Gasteiger partial charge < -0.3 is 5.32 Å². The highest BCUT2D eigenvalue weighted by atomic mass is 35.5. The lowest BCUT2D eigenvalue weighted by Gasteiger charge is -2.35. The van der Waals surface area contributed by atoms with Crippen LogP contribution in [-0.4, -0.2) is 11.9 Å². The maximum absolute atomic E-state index is 11.3. The van der Waals surface area contributed by atoms with Gasteiger partial charge in [0.15, 0.2) is 0 Å². The predicted octanol–water partition coefficient (Wildman–Crippen LogP) is 2.82. The van der Waals surface area contributed by atoms with Crippen LogP contribution >= 0.6 is 11.6 Å². The number of halogens is 1. The van der Waals surface area contributed by atoms with E-state index >= 15 is 0 Å². The van der Waals surface area contributed by atoms with Crippen LogP contribution in [0.4, 0.5) is 0 Å². The van der Waals surface area contributed by atoms with Crippen LogP contribution < -0.4 is 5.32 Å². The molecule has 0 aliphatic heterocycles. The molecule has 80 valence electrons. The van der Waals surface area contributed by atoms with Crippen molar-refractivity contribution in [2.24, 2.45) is 5.41 Å². The molecule has 0 aromatic rings. The maximum atomic E-state index is 11.3. The zero-order valence-electron chi connectivity index (χ0n) is 8.90. The van der Waals surface area contributed by atoms with Crippen LogP contribution in [-0.2, 0) is 4.79 Å². The number of carbonyl (C=O) groups is 1. The van der Waals surface area contributed by atoms with E-state index in [1.165, 1.54) is 12.8 Å². The van der Waals surface area contributed by atoms with E-state index in [0.717, 1.165) is 12.8 Å². The molecule has 0 saturated heterocycles. The molecule has 0 heterocycles. The fourth-order valence-corrected chi connectivity index (χ4v) is 2.14. The molecule has 3 heteroatoms. The molecule has 1 atom stereocenters. The van der Waals surface area contributed by atoms with Gasteiger partial charge in [0.05, 0.1) is 5.03 Å². The highest BCUT2D eigenvalue weighted by molar-refractivity contribution is 6.41. The number of rotatable bonds is 2. The average Bonchev–Trinajstić information content (AvgIpc) is 2.01. The molecule has 14 heavy (non-hydrogen) atoms. The summed E-state index contributed by atoms with van der Waals surface area (Å²) >= 11 is 5.51. The summed E-state index contributed by atoms with van der Waals surface area (Å²) in [4.78, 5) is 11.3. The zero-order valence-corrected chi connectivity index (χ0v) is 9.66. The molecule has 1 saturated carbocycles. The highest BCUT2D eigenvalue weighted by Gasteiger charge is 2.28. The molecule has 1 rings (SSSR count). The van der Waals surface area contributed by atoms with E-state index in [2.05, 4.69) is 25.7 Å². The van der Waals surface area contributed by atoms with E-state index in [9.17, 15) is 4.79 Å². The quantitative estimate of drug-likeness (QED) is 0.706.